The standard InChI is InChI=1S/C26H28N4O4/c1-33-22-11-10-20(16-23(22)34-2)30-17-19(15-24(30)31)27-26(32)29-14-13-28-12-6-9-21(28)25(29)18-7-4-3-5-8-18/h3-12,16,19,25H,13-15,17H2,1-2H3,(H,27,32). The number of nitrogens with one attached hydrogen (secondary N) is 1. The van der Waals surface area contributed by atoms with Crippen LogP contribution in [-0.2, 0) is 11.3 Å². The Hall–Kier alpha value is -3.94. The Kier molecular flexibility index (Phi) is 5.88. The third kappa shape index (κ3) is 3.96. The molecule has 1 saturated heterocycles. The minimum absolute atomic E-state index is 0.0374. The largest absolute Gasteiger partial charge is 0.493 e. The highest BCUT2D eigenvalue weighted by Crippen LogP contribution is 2.34. The summed E-state index contributed by atoms with van der Waals surface area (Å²) >= 11 is 0. The molecule has 3 aromatic rings. The van der Waals surface area contributed by atoms with Crippen LogP contribution in [0.2, 0.25) is 0 Å². The average Bonchev–Trinajstić information content (AvgIpc) is 3.49. The topological polar surface area (TPSA) is 76.0 Å². The zero-order valence-electron chi connectivity index (χ0n) is 19.3. The van der Waals surface area contributed by atoms with E-state index in [0.29, 0.717) is 24.6 Å². The Morgan fingerprint density at radius 1 is 0.971 bits per heavy atom. The summed E-state index contributed by atoms with van der Waals surface area (Å²) in [7, 11) is 3.14. The van der Waals surface area contributed by atoms with Gasteiger partial charge in [0.05, 0.1) is 26.3 Å². The first kappa shape index (κ1) is 21.9. The smallest absolute Gasteiger partial charge is 0.318 e. The number of hydrogen-bond acceptors (Lipinski definition) is 4. The normalized spacial score (nSPS) is 19.6. The van der Waals surface area contributed by atoms with E-state index in [9.17, 15) is 9.59 Å². The maximum absolute atomic E-state index is 13.4. The van der Waals surface area contributed by atoms with Gasteiger partial charge in [-0.15, -0.1) is 0 Å². The minimum atomic E-state index is -0.279. The fourth-order valence-electron chi connectivity index (χ4n) is 4.89. The fourth-order valence-corrected chi connectivity index (χ4v) is 4.89. The van der Waals surface area contributed by atoms with Crippen LogP contribution in [0.4, 0.5) is 10.5 Å². The summed E-state index contributed by atoms with van der Waals surface area (Å²) in [5.41, 5.74) is 2.87. The summed E-state index contributed by atoms with van der Waals surface area (Å²) in [4.78, 5) is 29.8. The van der Waals surface area contributed by atoms with Crippen molar-refractivity contribution in [1.82, 2.24) is 14.8 Å². The Balaban J connectivity index is 1.33. The fraction of sp³-hybridized carbons (Fsp3) is 0.308. The van der Waals surface area contributed by atoms with Gasteiger partial charge in [-0.3, -0.25) is 4.79 Å². The van der Waals surface area contributed by atoms with E-state index in [1.807, 2.05) is 47.4 Å². The van der Waals surface area contributed by atoms with Crippen molar-refractivity contribution in [3.63, 3.8) is 0 Å². The zero-order chi connectivity index (χ0) is 23.7. The molecule has 176 valence electrons. The van der Waals surface area contributed by atoms with Crippen LogP contribution < -0.4 is 19.7 Å². The molecule has 5 rings (SSSR count). The molecular weight excluding hydrogens is 432 g/mol. The summed E-state index contributed by atoms with van der Waals surface area (Å²) in [5.74, 6) is 1.12. The van der Waals surface area contributed by atoms with Crippen LogP contribution in [0.1, 0.15) is 23.7 Å². The number of rotatable bonds is 5. The first-order chi connectivity index (χ1) is 16.6. The second kappa shape index (κ2) is 9.13. The van der Waals surface area contributed by atoms with E-state index in [1.165, 1.54) is 0 Å². The molecule has 2 unspecified atom stereocenters. The maximum Gasteiger partial charge on any atom is 0.318 e. The lowest BCUT2D eigenvalue weighted by Gasteiger charge is -2.37. The van der Waals surface area contributed by atoms with Gasteiger partial charge in [-0.1, -0.05) is 30.3 Å². The van der Waals surface area contributed by atoms with Gasteiger partial charge in [0, 0.05) is 49.7 Å². The minimum Gasteiger partial charge on any atom is -0.493 e. The van der Waals surface area contributed by atoms with E-state index in [4.69, 9.17) is 9.47 Å². The molecule has 0 bridgehead atoms. The number of nitrogens with zero attached hydrogens (tertiary/aromatic N) is 3. The van der Waals surface area contributed by atoms with Gasteiger partial charge in [0.15, 0.2) is 11.5 Å². The Labute approximate surface area is 198 Å². The number of hydrogen-bond donors (Lipinski definition) is 1. The molecule has 8 nitrogen and oxygen atoms in total. The number of anilines is 1. The first-order valence-corrected chi connectivity index (χ1v) is 11.4. The van der Waals surface area contributed by atoms with Gasteiger partial charge >= 0.3 is 6.03 Å². The molecule has 0 spiro atoms. The highest BCUT2D eigenvalue weighted by Gasteiger charge is 2.36. The molecule has 1 aromatic heterocycles. The van der Waals surface area contributed by atoms with E-state index >= 15 is 0 Å². The molecule has 1 N–H and O–H groups in total. The van der Waals surface area contributed by atoms with E-state index in [2.05, 4.69) is 22.1 Å². The zero-order valence-corrected chi connectivity index (χ0v) is 19.3. The number of methoxy groups -OCH3 is 2. The summed E-state index contributed by atoms with van der Waals surface area (Å²) < 4.78 is 12.9. The number of fused-ring (bicyclic) bond motifs is 1. The molecule has 1 fully saturated rings. The van der Waals surface area contributed by atoms with Crippen molar-refractivity contribution >= 4 is 17.6 Å². The van der Waals surface area contributed by atoms with Crippen LogP contribution >= 0.6 is 0 Å². The summed E-state index contributed by atoms with van der Waals surface area (Å²) in [6.45, 7) is 1.73. The van der Waals surface area contributed by atoms with E-state index < -0.39 is 0 Å². The number of urea groups is 1. The number of amides is 3. The molecular formula is C26H28N4O4. The summed E-state index contributed by atoms with van der Waals surface area (Å²) in [6.07, 6.45) is 2.30. The first-order valence-electron chi connectivity index (χ1n) is 11.4. The summed E-state index contributed by atoms with van der Waals surface area (Å²) in [6, 6.07) is 18.9. The van der Waals surface area contributed by atoms with E-state index in [1.54, 1.807) is 31.3 Å². The summed E-state index contributed by atoms with van der Waals surface area (Å²) in [5, 5.41) is 3.11. The molecule has 3 amide bonds. The number of carbonyl (C=O) groups is 2. The quantitative estimate of drug-likeness (QED) is 0.633. The molecule has 2 aliphatic rings. The van der Waals surface area contributed by atoms with Crippen LogP contribution in [0.15, 0.2) is 66.9 Å². The lowest BCUT2D eigenvalue weighted by atomic mass is 10.0. The molecule has 34 heavy (non-hydrogen) atoms. The van der Waals surface area contributed by atoms with Gasteiger partial charge in [0.2, 0.25) is 5.91 Å². The SMILES string of the molecule is COc1ccc(N2CC(NC(=O)N3CCn4cccc4C3c3ccccc3)CC2=O)cc1OC. The van der Waals surface area contributed by atoms with Crippen LogP contribution in [0.25, 0.3) is 0 Å². The van der Waals surface area contributed by atoms with Gasteiger partial charge in [-0.2, -0.15) is 0 Å². The van der Waals surface area contributed by atoms with E-state index in [-0.39, 0.29) is 30.4 Å². The number of aromatic nitrogens is 1. The second-order valence-corrected chi connectivity index (χ2v) is 8.53. The maximum atomic E-state index is 13.4. The molecule has 2 aromatic carbocycles. The lowest BCUT2D eigenvalue weighted by molar-refractivity contribution is -0.117. The van der Waals surface area contributed by atoms with Gasteiger partial charge in [0.25, 0.3) is 0 Å². The molecule has 8 heteroatoms. The highest BCUT2D eigenvalue weighted by atomic mass is 16.5. The van der Waals surface area contributed by atoms with Crippen LogP contribution in [0.3, 0.4) is 0 Å². The van der Waals surface area contributed by atoms with Crippen molar-refractivity contribution in [2.75, 3.05) is 32.2 Å². The van der Waals surface area contributed by atoms with Crippen molar-refractivity contribution in [3.05, 3.63) is 78.1 Å². The Bertz CT molecular complexity index is 1190. The molecule has 0 radical (unpaired) electrons. The Morgan fingerprint density at radius 2 is 1.76 bits per heavy atom. The van der Waals surface area contributed by atoms with Crippen molar-refractivity contribution in [2.45, 2.75) is 25.0 Å². The third-order valence-corrected chi connectivity index (χ3v) is 6.55. The number of ether oxygens (including phenoxy) is 2. The molecule has 3 heterocycles. The molecule has 2 aliphatic heterocycles. The molecule has 0 aliphatic carbocycles. The van der Waals surface area contributed by atoms with Crippen LogP contribution in [0, 0.1) is 0 Å². The van der Waals surface area contributed by atoms with Crippen LogP contribution in [-0.4, -0.2) is 54.8 Å². The predicted octanol–water partition coefficient (Wildman–Crippen LogP) is 3.43. The lowest BCUT2D eigenvalue weighted by Crippen LogP contribution is -2.50. The molecule has 2 atom stereocenters. The number of benzene rings is 2. The van der Waals surface area contributed by atoms with Gasteiger partial charge in [-0.05, 0) is 29.8 Å². The van der Waals surface area contributed by atoms with Gasteiger partial charge in [0.1, 0.15) is 0 Å². The average molecular weight is 461 g/mol. The van der Waals surface area contributed by atoms with Crippen molar-refractivity contribution in [3.8, 4) is 11.5 Å². The Morgan fingerprint density at radius 3 is 2.53 bits per heavy atom. The van der Waals surface area contributed by atoms with Crippen molar-refractivity contribution in [2.24, 2.45) is 0 Å². The van der Waals surface area contributed by atoms with Gasteiger partial charge in [-0.25, -0.2) is 4.79 Å². The van der Waals surface area contributed by atoms with Crippen LogP contribution in [0.5, 0.6) is 11.5 Å². The van der Waals surface area contributed by atoms with Gasteiger partial charge < -0.3 is 29.2 Å². The number of carbonyl (C=O) groups excluding carboxylic acids is 2. The monoisotopic (exact) mass is 460 g/mol. The van der Waals surface area contributed by atoms with E-state index in [0.717, 1.165) is 23.5 Å². The second-order valence-electron chi connectivity index (χ2n) is 8.53. The molecule has 0 saturated carbocycles. The predicted molar refractivity (Wildman–Crippen MR) is 128 cm³/mol. The van der Waals surface area contributed by atoms with Crippen molar-refractivity contribution in [1.29, 1.82) is 0 Å². The van der Waals surface area contributed by atoms with Crippen molar-refractivity contribution < 1.29 is 19.1 Å². The highest BCUT2D eigenvalue weighted by molar-refractivity contribution is 5.97. The third-order valence-electron chi connectivity index (χ3n) is 6.55.